The molecule has 0 saturated heterocycles. The Morgan fingerprint density at radius 1 is 1.30 bits per heavy atom. The number of nitrogens with one attached hydrogen (secondary N) is 3. The molecule has 30 heavy (non-hydrogen) atoms. The van der Waals surface area contributed by atoms with Gasteiger partial charge in [-0.1, -0.05) is 18.2 Å². The summed E-state index contributed by atoms with van der Waals surface area (Å²) >= 11 is 6.44. The van der Waals surface area contributed by atoms with Crippen LogP contribution in [0.15, 0.2) is 49.1 Å². The Balaban J connectivity index is 2.12. The van der Waals surface area contributed by atoms with Crippen LogP contribution in [-0.4, -0.2) is 33.7 Å². The lowest BCUT2D eigenvalue weighted by molar-refractivity contribution is -0.556. The number of rotatable bonds is 7. The third kappa shape index (κ3) is 4.24. The van der Waals surface area contributed by atoms with Gasteiger partial charge in [0, 0.05) is 23.5 Å². The normalized spacial score (nSPS) is 11.4. The average Bonchev–Trinajstić information content (AvgIpc) is 3.05. The van der Waals surface area contributed by atoms with Gasteiger partial charge in [0.15, 0.2) is 5.82 Å². The molecule has 2 heterocycles. The number of anilines is 2. The van der Waals surface area contributed by atoms with E-state index in [2.05, 4.69) is 27.2 Å². The number of carbonyl (C=O) groups is 1. The molecule has 3 aromatic rings. The molecular weight excluding hydrogens is 402 g/mol. The van der Waals surface area contributed by atoms with Gasteiger partial charge in [-0.05, 0) is 43.2 Å². The van der Waals surface area contributed by atoms with Gasteiger partial charge in [-0.25, -0.2) is 4.98 Å². The molecule has 0 bridgehead atoms. The van der Waals surface area contributed by atoms with Gasteiger partial charge in [0.05, 0.1) is 18.8 Å². The topological polar surface area (TPSA) is 112 Å². The number of aromatic nitrogens is 3. The monoisotopic (exact) mass is 424 g/mol. The average molecular weight is 425 g/mol. The highest BCUT2D eigenvalue weighted by molar-refractivity contribution is 6.32. The predicted octanol–water partition coefficient (Wildman–Crippen LogP) is 2.91. The fourth-order valence-corrected chi connectivity index (χ4v) is 3.36. The van der Waals surface area contributed by atoms with Crippen LogP contribution >= 0.6 is 11.6 Å². The summed E-state index contributed by atoms with van der Waals surface area (Å²) in [6.45, 7) is 7.43. The number of benzene rings is 1. The molecule has 0 spiro atoms. The van der Waals surface area contributed by atoms with Gasteiger partial charge >= 0.3 is 0 Å². The number of carbonyl (C=O) groups excluding carboxylic acids is 1. The van der Waals surface area contributed by atoms with Gasteiger partial charge in [-0.15, -0.1) is 0 Å². The molecule has 0 unspecified atom stereocenters. The van der Waals surface area contributed by atoms with Gasteiger partial charge in [-0.3, -0.25) is 9.36 Å². The van der Waals surface area contributed by atoms with Crippen LogP contribution in [0.25, 0.3) is 16.7 Å². The molecule has 154 valence electrons. The minimum Gasteiger partial charge on any atom is -0.322 e. The van der Waals surface area contributed by atoms with E-state index in [1.165, 1.54) is 18.5 Å². The maximum Gasteiger partial charge on any atom is 0.247 e. The van der Waals surface area contributed by atoms with Crippen molar-refractivity contribution < 1.29 is 10.1 Å². The summed E-state index contributed by atoms with van der Waals surface area (Å²) in [5.74, 6) is 0.584. The second-order valence-electron chi connectivity index (χ2n) is 6.65. The summed E-state index contributed by atoms with van der Waals surface area (Å²) in [5, 5.41) is 16.5. The quantitative estimate of drug-likeness (QED) is 0.345. The van der Waals surface area contributed by atoms with Crippen molar-refractivity contribution in [2.24, 2.45) is 0 Å². The van der Waals surface area contributed by atoms with E-state index in [1.807, 2.05) is 49.1 Å². The Labute approximate surface area is 179 Å². The molecule has 0 aliphatic carbocycles. The maximum atomic E-state index is 11.7. The molecule has 2 aromatic heterocycles. The van der Waals surface area contributed by atoms with Gasteiger partial charge in [-0.2, -0.15) is 4.98 Å². The predicted molar refractivity (Wildman–Crippen MR) is 121 cm³/mol. The molecule has 0 atom stereocenters. The third-order valence-electron chi connectivity index (χ3n) is 4.45. The van der Waals surface area contributed by atoms with Crippen LogP contribution in [-0.2, 0) is 4.79 Å². The molecule has 0 saturated carbocycles. The van der Waals surface area contributed by atoms with Gasteiger partial charge in [0.25, 0.3) is 0 Å². The van der Waals surface area contributed by atoms with E-state index in [0.29, 0.717) is 28.2 Å². The van der Waals surface area contributed by atoms with Crippen molar-refractivity contribution in [2.45, 2.75) is 13.8 Å². The Kier molecular flexibility index (Phi) is 6.29. The van der Waals surface area contributed by atoms with Crippen LogP contribution in [0.3, 0.4) is 0 Å². The van der Waals surface area contributed by atoms with Gasteiger partial charge in [0.2, 0.25) is 11.9 Å². The van der Waals surface area contributed by atoms with Crippen LogP contribution in [0.4, 0.5) is 11.6 Å². The molecule has 1 amide bonds. The van der Waals surface area contributed by atoms with E-state index >= 15 is 0 Å². The summed E-state index contributed by atoms with van der Waals surface area (Å²) < 4.78 is 1.91. The largest absolute Gasteiger partial charge is 0.322 e. The van der Waals surface area contributed by atoms with Crippen LogP contribution in [0.2, 0.25) is 5.02 Å². The van der Waals surface area contributed by atoms with Crippen LogP contribution in [0.5, 0.6) is 0 Å². The summed E-state index contributed by atoms with van der Waals surface area (Å²) in [7, 11) is 1.86. The van der Waals surface area contributed by atoms with E-state index in [0.717, 1.165) is 22.0 Å². The number of aryl methyl sites for hydroxylation is 2. The second-order valence-corrected chi connectivity index (χ2v) is 7.06. The van der Waals surface area contributed by atoms with E-state index in [1.54, 1.807) is 6.20 Å². The lowest BCUT2D eigenvalue weighted by atomic mass is 10.1. The third-order valence-corrected chi connectivity index (χ3v) is 4.72. The molecule has 8 nitrogen and oxygen atoms in total. The first kappa shape index (κ1) is 21.2. The number of nitrogens with zero attached hydrogens (tertiary/aromatic N) is 3. The lowest BCUT2D eigenvalue weighted by Crippen LogP contribution is -2.73. The Morgan fingerprint density at radius 2 is 2.07 bits per heavy atom. The second kappa shape index (κ2) is 8.89. The minimum atomic E-state index is -0.264. The summed E-state index contributed by atoms with van der Waals surface area (Å²) in [6, 6.07) is 3.80. The van der Waals surface area contributed by atoms with Crippen molar-refractivity contribution in [3.05, 3.63) is 65.2 Å². The van der Waals surface area contributed by atoms with Crippen LogP contribution in [0, 0.1) is 19.3 Å². The summed E-state index contributed by atoms with van der Waals surface area (Å²) in [4.78, 5) is 20.5. The van der Waals surface area contributed by atoms with Crippen molar-refractivity contribution in [2.75, 3.05) is 17.7 Å². The zero-order chi connectivity index (χ0) is 21.8. The van der Waals surface area contributed by atoms with Gasteiger partial charge in [0.1, 0.15) is 16.9 Å². The Bertz CT molecular complexity index is 1180. The highest BCUT2D eigenvalue weighted by Crippen LogP contribution is 2.32. The molecule has 9 heteroatoms. The van der Waals surface area contributed by atoms with E-state index in [-0.39, 0.29) is 5.91 Å². The van der Waals surface area contributed by atoms with Crippen molar-refractivity contribution in [1.82, 2.24) is 14.5 Å². The number of hydrogen-bond donors (Lipinski definition) is 4. The van der Waals surface area contributed by atoms with Gasteiger partial charge < -0.3 is 21.4 Å². The fraction of sp³-hybridized carbons (Fsp3) is 0.143. The number of fused-ring (bicyclic) bond motifs is 1. The number of halogens is 1. The molecule has 3 rings (SSSR count). The Hall–Kier alpha value is -3.49. The van der Waals surface area contributed by atoms with Crippen molar-refractivity contribution >= 4 is 46.3 Å². The smallest absolute Gasteiger partial charge is 0.247 e. The maximum absolute atomic E-state index is 11.7. The molecule has 0 fully saturated rings. The molecule has 0 aliphatic heterocycles. The first-order chi connectivity index (χ1) is 14.4. The lowest BCUT2D eigenvalue weighted by Gasteiger charge is -2.12. The van der Waals surface area contributed by atoms with Crippen LogP contribution < -0.4 is 16.0 Å². The van der Waals surface area contributed by atoms with Crippen LogP contribution in [0.1, 0.15) is 11.1 Å². The van der Waals surface area contributed by atoms with E-state index in [4.69, 9.17) is 17.0 Å². The number of hydrogen-bond acceptors (Lipinski definition) is 5. The number of allylic oxidation sites excluding steroid dienone is 1. The molecule has 0 aliphatic rings. The minimum absolute atomic E-state index is 0.264. The highest BCUT2D eigenvalue weighted by Gasteiger charge is 2.16. The van der Waals surface area contributed by atoms with E-state index < -0.39 is 0 Å². The van der Waals surface area contributed by atoms with Crippen molar-refractivity contribution in [3.63, 3.8) is 0 Å². The van der Waals surface area contributed by atoms with Crippen molar-refractivity contribution in [1.29, 1.82) is 5.41 Å². The summed E-state index contributed by atoms with van der Waals surface area (Å²) in [6.07, 6.45) is 7.65. The summed E-state index contributed by atoms with van der Waals surface area (Å²) in [5.41, 5.74) is 4.13. The Morgan fingerprint density at radius 3 is 2.73 bits per heavy atom. The number of amides is 1. The zero-order valence-corrected chi connectivity index (χ0v) is 17.7. The zero-order valence-electron chi connectivity index (χ0n) is 17.0. The molecular formula is C21H23ClN7O+. The fourth-order valence-electron chi connectivity index (χ4n) is 3.18. The molecule has 0 radical (unpaired) electrons. The SMILES string of the molecule is C=CC(=O)Nc1cc(C)c2c(c1)c(C)cn2-c1nc(N/C(C=N)=C/[NH2+]C)ncc1Cl. The first-order valence-corrected chi connectivity index (χ1v) is 9.61. The standard InChI is InChI=1S/C21H22ClN7O/c1-5-18(30)26-14-6-12(2)19-16(7-14)13(3)11-29(19)20-17(22)10-25-21(28-20)27-15(8-23)9-24-4/h5-11,23-24H,1H2,2-4H3,(H,26,30)(H,25,27,28)/p+1/b15-9+,23-8?. The van der Waals surface area contributed by atoms with Crippen molar-refractivity contribution in [3.8, 4) is 5.82 Å². The number of nitrogens with two attached hydrogens (primary N) is 1. The number of quaternary nitrogens is 1. The highest BCUT2D eigenvalue weighted by atomic mass is 35.5. The first-order valence-electron chi connectivity index (χ1n) is 9.23. The molecule has 1 aromatic carbocycles. The van der Waals surface area contributed by atoms with E-state index in [9.17, 15) is 4.79 Å². The molecule has 5 N–H and O–H groups in total.